The molecular weight excluding hydrogens is 278 g/mol. The molecule has 0 fully saturated rings. The Hall–Kier alpha value is -2.30. The van der Waals surface area contributed by atoms with Crippen LogP contribution in [0.2, 0.25) is 0 Å². The van der Waals surface area contributed by atoms with Gasteiger partial charge < -0.3 is 10.1 Å². The maximum atomic E-state index is 12.2. The van der Waals surface area contributed by atoms with Crippen LogP contribution in [0, 0.1) is 0 Å². The first-order chi connectivity index (χ1) is 10.4. The topological polar surface area (TPSA) is 56.1 Å². The number of fused-ring (bicyclic) bond motifs is 1. The van der Waals surface area contributed by atoms with Crippen molar-refractivity contribution in [3.05, 3.63) is 41.6 Å². The van der Waals surface area contributed by atoms with E-state index in [9.17, 15) is 4.79 Å². The lowest BCUT2D eigenvalue weighted by molar-refractivity contribution is -0.116. The van der Waals surface area contributed by atoms with Crippen LogP contribution < -0.4 is 10.1 Å². The van der Waals surface area contributed by atoms with Crippen LogP contribution in [-0.4, -0.2) is 22.8 Å². The number of amides is 1. The summed E-state index contributed by atoms with van der Waals surface area (Å²) in [6, 6.07) is 7.88. The molecule has 0 unspecified atom stereocenters. The first-order valence-electron chi connectivity index (χ1n) is 7.42. The lowest BCUT2D eigenvalue weighted by Crippen LogP contribution is -2.30. The van der Waals surface area contributed by atoms with E-state index >= 15 is 0 Å². The zero-order valence-corrected chi connectivity index (χ0v) is 13.4. The maximum absolute atomic E-state index is 12.2. The Balaban J connectivity index is 2.09. The van der Waals surface area contributed by atoms with Crippen LogP contribution in [0.3, 0.4) is 0 Å². The molecule has 0 saturated heterocycles. The monoisotopic (exact) mass is 299 g/mol. The molecule has 0 saturated carbocycles. The van der Waals surface area contributed by atoms with Crippen LogP contribution >= 0.6 is 0 Å². The number of carbonyl (C=O) groups excluding carboxylic acids is 1. The van der Waals surface area contributed by atoms with Gasteiger partial charge >= 0.3 is 0 Å². The van der Waals surface area contributed by atoms with Crippen molar-refractivity contribution in [3.63, 3.8) is 0 Å². The first-order valence-corrected chi connectivity index (χ1v) is 7.42. The molecule has 0 spiro atoms. The summed E-state index contributed by atoms with van der Waals surface area (Å²) >= 11 is 0. The number of rotatable bonds is 2. The molecule has 1 aliphatic rings. The maximum Gasteiger partial charge on any atom is 0.226 e. The van der Waals surface area contributed by atoms with Crippen molar-refractivity contribution in [1.82, 2.24) is 9.78 Å². The number of benzene rings is 1. The Kier molecular flexibility index (Phi) is 3.43. The number of hydrogen-bond acceptors (Lipinski definition) is 3. The van der Waals surface area contributed by atoms with Gasteiger partial charge in [0.15, 0.2) is 0 Å². The summed E-state index contributed by atoms with van der Waals surface area (Å²) in [7, 11) is 1.65. The summed E-state index contributed by atoms with van der Waals surface area (Å²) in [5.74, 6) is 1.63. The predicted octanol–water partition coefficient (Wildman–Crippen LogP) is 3.12. The Morgan fingerprint density at radius 3 is 2.82 bits per heavy atom. The lowest BCUT2D eigenvalue weighted by atomic mass is 9.87. The highest BCUT2D eigenvalue weighted by Gasteiger charge is 2.32. The van der Waals surface area contributed by atoms with Crippen LogP contribution in [0.5, 0.6) is 5.75 Å². The Labute approximate surface area is 130 Å². The summed E-state index contributed by atoms with van der Waals surface area (Å²) in [6.07, 6.45) is 2.29. The van der Waals surface area contributed by atoms with Crippen molar-refractivity contribution >= 4 is 11.7 Å². The fourth-order valence-corrected chi connectivity index (χ4v) is 2.88. The Bertz CT molecular complexity index is 713. The molecule has 3 rings (SSSR count). The molecule has 1 aliphatic heterocycles. The molecule has 0 bridgehead atoms. The summed E-state index contributed by atoms with van der Waals surface area (Å²) in [5.41, 5.74) is 1.95. The number of nitrogens with one attached hydrogen (secondary N) is 1. The lowest BCUT2D eigenvalue weighted by Gasteiger charge is -2.28. The summed E-state index contributed by atoms with van der Waals surface area (Å²) in [6.45, 7) is 6.21. The van der Waals surface area contributed by atoms with Gasteiger partial charge in [0.25, 0.3) is 0 Å². The zero-order valence-electron chi connectivity index (χ0n) is 13.4. The van der Waals surface area contributed by atoms with E-state index in [-0.39, 0.29) is 17.4 Å². The van der Waals surface area contributed by atoms with Crippen molar-refractivity contribution in [2.24, 2.45) is 0 Å². The molecule has 116 valence electrons. The van der Waals surface area contributed by atoms with E-state index in [1.165, 1.54) is 0 Å². The van der Waals surface area contributed by atoms with Crippen LogP contribution in [0.15, 0.2) is 30.5 Å². The highest BCUT2D eigenvalue weighted by atomic mass is 16.5. The molecule has 5 nitrogen and oxygen atoms in total. The second kappa shape index (κ2) is 5.16. The van der Waals surface area contributed by atoms with E-state index in [0.717, 1.165) is 22.7 Å². The van der Waals surface area contributed by atoms with Gasteiger partial charge in [-0.1, -0.05) is 12.1 Å². The highest BCUT2D eigenvalue weighted by molar-refractivity contribution is 5.94. The fraction of sp³-hybridized carbons (Fsp3) is 0.412. The number of anilines is 1. The van der Waals surface area contributed by atoms with E-state index < -0.39 is 0 Å². The van der Waals surface area contributed by atoms with Gasteiger partial charge in [0.2, 0.25) is 5.91 Å². The standard InChI is InChI=1S/C17H21N3O2/c1-17(2,3)20-16-14(10-18-20)13(9-15(21)19-16)11-6-5-7-12(8-11)22-4/h5-8,10,13H,9H2,1-4H3,(H,19,21)/t13-/m1/s1. The minimum absolute atomic E-state index is 0.00921. The third-order valence-corrected chi connectivity index (χ3v) is 3.95. The molecule has 0 aliphatic carbocycles. The number of aromatic nitrogens is 2. The van der Waals surface area contributed by atoms with Gasteiger partial charge in [-0.2, -0.15) is 5.10 Å². The fourth-order valence-electron chi connectivity index (χ4n) is 2.88. The Morgan fingerprint density at radius 2 is 2.14 bits per heavy atom. The molecule has 22 heavy (non-hydrogen) atoms. The first kappa shape index (κ1) is 14.6. The molecule has 1 aromatic carbocycles. The van der Waals surface area contributed by atoms with Crippen molar-refractivity contribution in [3.8, 4) is 5.75 Å². The van der Waals surface area contributed by atoms with Gasteiger partial charge in [0.05, 0.1) is 18.8 Å². The smallest absolute Gasteiger partial charge is 0.226 e. The molecule has 1 N–H and O–H groups in total. The highest BCUT2D eigenvalue weighted by Crippen LogP contribution is 2.39. The molecule has 2 aromatic rings. The van der Waals surface area contributed by atoms with Gasteiger partial charge in [-0.3, -0.25) is 4.79 Å². The molecule has 1 amide bonds. The van der Waals surface area contributed by atoms with Gasteiger partial charge in [-0.15, -0.1) is 0 Å². The van der Waals surface area contributed by atoms with Crippen molar-refractivity contribution in [1.29, 1.82) is 0 Å². The van der Waals surface area contributed by atoms with Crippen LogP contribution in [0.1, 0.15) is 44.2 Å². The van der Waals surface area contributed by atoms with E-state index in [0.29, 0.717) is 6.42 Å². The zero-order chi connectivity index (χ0) is 15.9. The number of methoxy groups -OCH3 is 1. The van der Waals surface area contributed by atoms with Crippen molar-refractivity contribution in [2.45, 2.75) is 38.6 Å². The molecule has 2 heterocycles. The average molecular weight is 299 g/mol. The third kappa shape index (κ3) is 2.47. The SMILES string of the molecule is COc1cccc([C@H]2CC(=O)Nc3c2cnn3C(C)(C)C)c1. The number of hydrogen-bond donors (Lipinski definition) is 1. The number of carbonyl (C=O) groups is 1. The van der Waals surface area contributed by atoms with Gasteiger partial charge in [0, 0.05) is 17.9 Å². The normalized spacial score (nSPS) is 17.8. The molecular formula is C17H21N3O2. The molecule has 5 heteroatoms. The molecule has 0 radical (unpaired) electrons. The average Bonchev–Trinajstić information content (AvgIpc) is 2.90. The van der Waals surface area contributed by atoms with Crippen molar-refractivity contribution in [2.75, 3.05) is 12.4 Å². The van der Waals surface area contributed by atoms with Gasteiger partial charge in [-0.25, -0.2) is 4.68 Å². The Morgan fingerprint density at radius 1 is 1.36 bits per heavy atom. The van der Waals surface area contributed by atoms with E-state index in [1.54, 1.807) is 7.11 Å². The second-order valence-corrected chi connectivity index (χ2v) is 6.61. The summed E-state index contributed by atoms with van der Waals surface area (Å²) < 4.78 is 7.18. The van der Waals surface area contributed by atoms with Crippen LogP contribution in [0.4, 0.5) is 5.82 Å². The minimum Gasteiger partial charge on any atom is -0.497 e. The van der Waals surface area contributed by atoms with Gasteiger partial charge in [0.1, 0.15) is 11.6 Å². The van der Waals surface area contributed by atoms with Crippen molar-refractivity contribution < 1.29 is 9.53 Å². The van der Waals surface area contributed by atoms with Crippen LogP contribution in [-0.2, 0) is 10.3 Å². The second-order valence-electron chi connectivity index (χ2n) is 6.61. The largest absolute Gasteiger partial charge is 0.497 e. The summed E-state index contributed by atoms with van der Waals surface area (Å²) in [4.78, 5) is 12.2. The third-order valence-electron chi connectivity index (χ3n) is 3.95. The van der Waals surface area contributed by atoms with E-state index in [4.69, 9.17) is 4.74 Å². The molecule has 1 atom stereocenters. The quantitative estimate of drug-likeness (QED) is 0.927. The number of ether oxygens (including phenoxy) is 1. The molecule has 1 aromatic heterocycles. The summed E-state index contributed by atoms with van der Waals surface area (Å²) in [5, 5.41) is 7.47. The van der Waals surface area contributed by atoms with Gasteiger partial charge in [-0.05, 0) is 38.5 Å². The number of nitrogens with zero attached hydrogens (tertiary/aromatic N) is 2. The van der Waals surface area contributed by atoms with E-state index in [2.05, 4.69) is 31.2 Å². The van der Waals surface area contributed by atoms with E-state index in [1.807, 2.05) is 35.1 Å². The minimum atomic E-state index is -0.183. The van der Waals surface area contributed by atoms with Crippen LogP contribution in [0.25, 0.3) is 0 Å². The predicted molar refractivity (Wildman–Crippen MR) is 85.3 cm³/mol.